The molecule has 0 saturated heterocycles. The summed E-state index contributed by atoms with van der Waals surface area (Å²) in [6.07, 6.45) is 0. The first-order valence-electron chi connectivity index (χ1n) is 9.55. The smallest absolute Gasteiger partial charge is 0.269 e. The predicted molar refractivity (Wildman–Crippen MR) is 115 cm³/mol. The fourth-order valence-electron chi connectivity index (χ4n) is 3.68. The van der Waals surface area contributed by atoms with Gasteiger partial charge in [0.1, 0.15) is 6.04 Å². The van der Waals surface area contributed by atoms with Crippen LogP contribution in [-0.2, 0) is 4.79 Å². The quantitative estimate of drug-likeness (QED) is 0.443. The maximum absolute atomic E-state index is 12.3. The van der Waals surface area contributed by atoms with E-state index in [0.717, 1.165) is 0 Å². The van der Waals surface area contributed by atoms with Crippen molar-refractivity contribution in [1.82, 2.24) is 14.8 Å². The molecular formula is C21H20N6O5. The number of carbonyl (C=O) groups is 1. The Morgan fingerprint density at radius 1 is 1.19 bits per heavy atom. The SMILES string of the molecule is COc1ccc(-c2nc3n(n2)C(c2cccc([N+](=O)[O-])c2)C(C(N)=O)=C(C)N3)cc1OC. The zero-order chi connectivity index (χ0) is 23.0. The summed E-state index contributed by atoms with van der Waals surface area (Å²) in [6, 6.07) is 10.5. The fourth-order valence-corrected chi connectivity index (χ4v) is 3.68. The van der Waals surface area contributed by atoms with Crippen molar-refractivity contribution in [3.8, 4) is 22.9 Å². The van der Waals surface area contributed by atoms with Crippen molar-refractivity contribution in [2.24, 2.45) is 5.73 Å². The molecule has 0 aliphatic carbocycles. The predicted octanol–water partition coefficient (Wildman–Crippen LogP) is 2.64. The van der Waals surface area contributed by atoms with Crippen LogP contribution in [0.4, 0.5) is 11.6 Å². The minimum Gasteiger partial charge on any atom is -0.493 e. The largest absolute Gasteiger partial charge is 0.493 e. The number of rotatable bonds is 6. The number of nitro groups is 1. The number of hydrogen-bond acceptors (Lipinski definition) is 8. The first kappa shape index (κ1) is 20.8. The number of benzene rings is 2. The number of non-ortho nitro benzene ring substituents is 1. The Balaban J connectivity index is 1.87. The van der Waals surface area contributed by atoms with E-state index in [-0.39, 0.29) is 11.3 Å². The number of carbonyl (C=O) groups excluding carboxylic acids is 1. The van der Waals surface area contributed by atoms with Crippen molar-refractivity contribution in [3.05, 3.63) is 69.4 Å². The van der Waals surface area contributed by atoms with Crippen LogP contribution in [0.15, 0.2) is 53.7 Å². The van der Waals surface area contributed by atoms with Gasteiger partial charge in [-0.2, -0.15) is 4.98 Å². The average molecular weight is 436 g/mol. The van der Waals surface area contributed by atoms with Gasteiger partial charge in [0.25, 0.3) is 5.69 Å². The lowest BCUT2D eigenvalue weighted by Gasteiger charge is -2.27. The summed E-state index contributed by atoms with van der Waals surface area (Å²) in [6.45, 7) is 1.69. The molecule has 0 bridgehead atoms. The van der Waals surface area contributed by atoms with Crippen LogP contribution in [-0.4, -0.2) is 39.8 Å². The van der Waals surface area contributed by atoms with E-state index in [4.69, 9.17) is 15.2 Å². The molecule has 3 N–H and O–H groups in total. The van der Waals surface area contributed by atoms with Gasteiger partial charge in [0.05, 0.1) is 24.7 Å². The van der Waals surface area contributed by atoms with E-state index < -0.39 is 16.9 Å². The molecule has 0 saturated carbocycles. The van der Waals surface area contributed by atoms with Crippen LogP contribution in [0, 0.1) is 10.1 Å². The van der Waals surface area contributed by atoms with Crippen LogP contribution < -0.4 is 20.5 Å². The zero-order valence-electron chi connectivity index (χ0n) is 17.5. The molecule has 4 rings (SSSR count). The number of ether oxygens (including phenoxy) is 2. The monoisotopic (exact) mass is 436 g/mol. The van der Waals surface area contributed by atoms with Crippen molar-refractivity contribution < 1.29 is 19.2 Å². The number of anilines is 1. The molecule has 0 radical (unpaired) electrons. The second kappa shape index (κ2) is 8.02. The molecular weight excluding hydrogens is 416 g/mol. The maximum atomic E-state index is 12.3. The molecule has 11 nitrogen and oxygen atoms in total. The van der Waals surface area contributed by atoms with Crippen molar-refractivity contribution in [2.45, 2.75) is 13.0 Å². The van der Waals surface area contributed by atoms with Gasteiger partial charge in [0.2, 0.25) is 11.9 Å². The van der Waals surface area contributed by atoms with E-state index in [2.05, 4.69) is 15.4 Å². The molecule has 0 spiro atoms. The molecule has 2 aromatic carbocycles. The number of hydrogen-bond donors (Lipinski definition) is 2. The second-order valence-corrected chi connectivity index (χ2v) is 7.06. The molecule has 164 valence electrons. The molecule has 3 aromatic rings. The Bertz CT molecular complexity index is 1270. The van der Waals surface area contributed by atoms with E-state index in [1.54, 1.807) is 44.4 Å². The van der Waals surface area contributed by atoms with Crippen LogP contribution in [0.3, 0.4) is 0 Å². The zero-order valence-corrected chi connectivity index (χ0v) is 17.5. The first-order valence-corrected chi connectivity index (χ1v) is 9.55. The van der Waals surface area contributed by atoms with Gasteiger partial charge in [0, 0.05) is 23.4 Å². The molecule has 11 heteroatoms. The van der Waals surface area contributed by atoms with Crippen LogP contribution in [0.5, 0.6) is 11.5 Å². The lowest BCUT2D eigenvalue weighted by molar-refractivity contribution is -0.384. The highest BCUT2D eigenvalue weighted by Crippen LogP contribution is 2.38. The number of aromatic nitrogens is 3. The highest BCUT2D eigenvalue weighted by Gasteiger charge is 2.34. The van der Waals surface area contributed by atoms with Crippen LogP contribution in [0.25, 0.3) is 11.4 Å². The second-order valence-electron chi connectivity index (χ2n) is 7.06. The van der Waals surface area contributed by atoms with Gasteiger partial charge in [-0.05, 0) is 30.7 Å². The van der Waals surface area contributed by atoms with Gasteiger partial charge in [0.15, 0.2) is 17.3 Å². The molecule has 32 heavy (non-hydrogen) atoms. The third-order valence-corrected chi connectivity index (χ3v) is 5.16. The van der Waals surface area contributed by atoms with Gasteiger partial charge >= 0.3 is 0 Å². The molecule has 1 aromatic heterocycles. The van der Waals surface area contributed by atoms with E-state index >= 15 is 0 Å². The Labute approximate surface area is 182 Å². The maximum Gasteiger partial charge on any atom is 0.269 e. The molecule has 1 unspecified atom stereocenters. The summed E-state index contributed by atoms with van der Waals surface area (Å²) in [5, 5.41) is 18.9. The number of nitrogens with zero attached hydrogens (tertiary/aromatic N) is 4. The number of primary amides is 1. The first-order chi connectivity index (χ1) is 15.3. The molecule has 1 aliphatic rings. The number of nitrogens with two attached hydrogens (primary N) is 1. The van der Waals surface area contributed by atoms with Crippen LogP contribution >= 0.6 is 0 Å². The fraction of sp³-hybridized carbons (Fsp3) is 0.190. The summed E-state index contributed by atoms with van der Waals surface area (Å²) in [7, 11) is 3.07. The number of allylic oxidation sites excluding steroid dienone is 1. The van der Waals surface area contributed by atoms with E-state index in [1.807, 2.05) is 0 Å². The lowest BCUT2D eigenvalue weighted by Crippen LogP contribution is -2.31. The van der Waals surface area contributed by atoms with Gasteiger partial charge in [-0.15, -0.1) is 5.10 Å². The third-order valence-electron chi connectivity index (χ3n) is 5.16. The molecule has 0 fully saturated rings. The number of fused-ring (bicyclic) bond motifs is 1. The van der Waals surface area contributed by atoms with Gasteiger partial charge in [-0.3, -0.25) is 14.9 Å². The lowest BCUT2D eigenvalue weighted by atomic mass is 9.95. The van der Waals surface area contributed by atoms with E-state index in [1.165, 1.54) is 23.9 Å². The molecule has 1 amide bonds. The highest BCUT2D eigenvalue weighted by molar-refractivity contribution is 5.95. The minimum absolute atomic E-state index is 0.107. The van der Waals surface area contributed by atoms with Crippen molar-refractivity contribution in [3.63, 3.8) is 0 Å². The summed E-state index contributed by atoms with van der Waals surface area (Å²) < 4.78 is 12.1. The highest BCUT2D eigenvalue weighted by atomic mass is 16.6. The Hall–Kier alpha value is -4.41. The Morgan fingerprint density at radius 2 is 1.94 bits per heavy atom. The number of amides is 1. The third kappa shape index (κ3) is 3.49. The van der Waals surface area contributed by atoms with E-state index in [9.17, 15) is 14.9 Å². The van der Waals surface area contributed by atoms with E-state index in [0.29, 0.717) is 40.1 Å². The minimum atomic E-state index is -0.787. The number of methoxy groups -OCH3 is 2. The van der Waals surface area contributed by atoms with Crippen LogP contribution in [0.2, 0.25) is 0 Å². The molecule has 2 heterocycles. The van der Waals surface area contributed by atoms with Crippen molar-refractivity contribution >= 4 is 17.5 Å². The average Bonchev–Trinajstić information content (AvgIpc) is 3.20. The standard InChI is InChI=1S/C21H20N6O5/c1-11-17(19(22)28)18(12-5-4-6-14(9-12)27(29)30)26-21(23-11)24-20(25-26)13-7-8-15(31-2)16(10-13)32-3/h4-10,18H,1-3H3,(H2,22,28)(H,23,24,25). The van der Waals surface area contributed by atoms with Gasteiger partial charge < -0.3 is 20.5 Å². The summed E-state index contributed by atoms with van der Waals surface area (Å²) in [4.78, 5) is 27.7. The number of nitro benzene ring substituents is 1. The number of nitrogens with one attached hydrogen (secondary N) is 1. The van der Waals surface area contributed by atoms with Gasteiger partial charge in [-0.25, -0.2) is 4.68 Å². The molecule has 1 aliphatic heterocycles. The van der Waals surface area contributed by atoms with Crippen LogP contribution in [0.1, 0.15) is 18.5 Å². The topological polar surface area (TPSA) is 147 Å². The van der Waals surface area contributed by atoms with Gasteiger partial charge in [-0.1, -0.05) is 12.1 Å². The molecule has 1 atom stereocenters. The summed E-state index contributed by atoms with van der Waals surface area (Å²) >= 11 is 0. The van der Waals surface area contributed by atoms with Crippen molar-refractivity contribution in [1.29, 1.82) is 0 Å². The summed E-state index contributed by atoms with van der Waals surface area (Å²) in [5.41, 5.74) is 7.43. The normalized spacial score (nSPS) is 15.0. The Morgan fingerprint density at radius 3 is 2.59 bits per heavy atom. The van der Waals surface area contributed by atoms with Crippen molar-refractivity contribution in [2.75, 3.05) is 19.5 Å². The summed E-state index contributed by atoms with van der Waals surface area (Å²) in [5.74, 6) is 1.13. The Kier molecular flexibility index (Phi) is 5.23.